The van der Waals surface area contributed by atoms with Crippen LogP contribution in [-0.4, -0.2) is 55.0 Å². The molecule has 1 fully saturated rings. The Labute approximate surface area is 198 Å². The minimum Gasteiger partial charge on any atom is -0.414 e. The molecular weight excluding hydrogens is 454 g/mol. The van der Waals surface area contributed by atoms with Crippen LogP contribution in [0.5, 0.6) is 0 Å². The molecule has 2 aromatic rings. The number of ether oxygens (including phenoxy) is 1. The van der Waals surface area contributed by atoms with Gasteiger partial charge in [0.2, 0.25) is 5.95 Å². The van der Waals surface area contributed by atoms with E-state index < -0.39 is 16.6 Å². The fraction of sp³-hybridized carbons (Fsp3) is 0.773. The quantitative estimate of drug-likeness (QED) is 0.570. The van der Waals surface area contributed by atoms with Crippen LogP contribution in [-0.2, 0) is 13.6 Å². The molecule has 0 radical (unpaired) electrons. The Morgan fingerprint density at radius 3 is 2.33 bits per heavy atom. The van der Waals surface area contributed by atoms with Gasteiger partial charge in [-0.3, -0.25) is 14.3 Å². The zero-order valence-corrected chi connectivity index (χ0v) is 23.8. The SMILES string of the molecule is CC(C)(C)[Si](C)(C)OC[C@@H]1O[C@H](n2cnc3c(=O)[nH]c(N)nc32)CC1O[Si](C)(C)C(C)(C)C. The van der Waals surface area contributed by atoms with Crippen molar-refractivity contribution in [1.29, 1.82) is 0 Å². The lowest BCUT2D eigenvalue weighted by Gasteiger charge is -2.40. The lowest BCUT2D eigenvalue weighted by atomic mass is 10.2. The third kappa shape index (κ3) is 5.27. The van der Waals surface area contributed by atoms with Gasteiger partial charge in [0.1, 0.15) is 12.3 Å². The van der Waals surface area contributed by atoms with Crippen molar-refractivity contribution in [3.8, 4) is 0 Å². The van der Waals surface area contributed by atoms with E-state index in [2.05, 4.69) is 82.7 Å². The standard InChI is InChI=1S/C22H41N5O4Si2/c1-21(2,3)32(7,8)29-12-15-14(31-33(9,10)22(4,5)6)11-16(30-15)27-13-24-17-18(27)25-20(23)26-19(17)28/h13-16H,11-12H2,1-10H3,(H3,23,25,26,28)/t14?,15-,16-/m0/s1. The summed E-state index contributed by atoms with van der Waals surface area (Å²) in [6, 6.07) is 0. The molecule has 1 saturated heterocycles. The van der Waals surface area contributed by atoms with E-state index in [1.54, 1.807) is 10.9 Å². The minimum atomic E-state index is -2.05. The molecule has 0 aromatic carbocycles. The molecule has 1 aliphatic heterocycles. The topological polar surface area (TPSA) is 117 Å². The van der Waals surface area contributed by atoms with Crippen molar-refractivity contribution in [3.05, 3.63) is 16.7 Å². The van der Waals surface area contributed by atoms with Gasteiger partial charge in [-0.1, -0.05) is 41.5 Å². The molecule has 0 saturated carbocycles. The highest BCUT2D eigenvalue weighted by molar-refractivity contribution is 6.74. The number of aromatic nitrogens is 4. The van der Waals surface area contributed by atoms with E-state index in [0.717, 1.165) is 0 Å². The number of imidazole rings is 1. The molecule has 9 nitrogen and oxygen atoms in total. The van der Waals surface area contributed by atoms with Crippen molar-refractivity contribution in [2.45, 2.75) is 103 Å². The summed E-state index contributed by atoms with van der Waals surface area (Å²) in [5, 5.41) is 0.171. The number of fused-ring (bicyclic) bond motifs is 1. The molecule has 0 bridgehead atoms. The Balaban J connectivity index is 1.91. The predicted molar refractivity (Wildman–Crippen MR) is 136 cm³/mol. The number of nitrogens with zero attached hydrogens (tertiary/aromatic N) is 3. The van der Waals surface area contributed by atoms with Gasteiger partial charge in [-0.05, 0) is 36.3 Å². The largest absolute Gasteiger partial charge is 0.414 e. The first-order chi connectivity index (χ1) is 14.9. The summed E-state index contributed by atoms with van der Waals surface area (Å²) in [6.07, 6.45) is 1.49. The first-order valence-corrected chi connectivity index (χ1v) is 17.4. The fourth-order valence-corrected chi connectivity index (χ4v) is 5.73. The summed E-state index contributed by atoms with van der Waals surface area (Å²) in [6.45, 7) is 22.8. The second kappa shape index (κ2) is 8.60. The van der Waals surface area contributed by atoms with E-state index >= 15 is 0 Å². The van der Waals surface area contributed by atoms with E-state index in [0.29, 0.717) is 18.7 Å². The average molecular weight is 496 g/mol. The zero-order valence-electron chi connectivity index (χ0n) is 21.8. The molecule has 3 atom stereocenters. The Kier molecular flexibility index (Phi) is 6.79. The second-order valence-corrected chi connectivity index (χ2v) is 21.7. The number of aromatic amines is 1. The van der Waals surface area contributed by atoms with Gasteiger partial charge < -0.3 is 19.3 Å². The Hall–Kier alpha value is -1.54. The average Bonchev–Trinajstić information content (AvgIpc) is 3.21. The summed E-state index contributed by atoms with van der Waals surface area (Å²) in [4.78, 5) is 23.3. The molecule has 2 aromatic heterocycles. The summed E-state index contributed by atoms with van der Waals surface area (Å²) in [5.74, 6) is 0.0548. The monoisotopic (exact) mass is 495 g/mol. The van der Waals surface area contributed by atoms with Crippen LogP contribution in [0.25, 0.3) is 11.2 Å². The van der Waals surface area contributed by atoms with Gasteiger partial charge in [0, 0.05) is 6.42 Å². The molecule has 0 amide bonds. The Morgan fingerprint density at radius 1 is 1.15 bits per heavy atom. The molecule has 3 heterocycles. The number of rotatable bonds is 6. The van der Waals surface area contributed by atoms with Crippen molar-refractivity contribution < 1.29 is 13.6 Å². The van der Waals surface area contributed by atoms with Crippen molar-refractivity contribution in [1.82, 2.24) is 19.5 Å². The van der Waals surface area contributed by atoms with Crippen LogP contribution in [0, 0.1) is 0 Å². The maximum absolute atomic E-state index is 12.2. The first kappa shape index (κ1) is 26.1. The molecule has 0 aliphatic carbocycles. The smallest absolute Gasteiger partial charge is 0.280 e. The molecule has 186 valence electrons. The fourth-order valence-electron chi connectivity index (χ4n) is 3.36. The van der Waals surface area contributed by atoms with Gasteiger partial charge >= 0.3 is 0 Å². The summed E-state index contributed by atoms with van der Waals surface area (Å²) < 4.78 is 21.6. The molecule has 11 heteroatoms. The third-order valence-corrected chi connectivity index (χ3v) is 16.6. The van der Waals surface area contributed by atoms with Crippen LogP contribution in [0.15, 0.2) is 11.1 Å². The number of nitrogens with two attached hydrogens (primary N) is 1. The van der Waals surface area contributed by atoms with Crippen LogP contribution in [0.2, 0.25) is 36.3 Å². The van der Waals surface area contributed by atoms with Crippen LogP contribution in [0.4, 0.5) is 5.95 Å². The van der Waals surface area contributed by atoms with Gasteiger partial charge in [-0.25, -0.2) is 4.98 Å². The van der Waals surface area contributed by atoms with E-state index in [4.69, 9.17) is 19.3 Å². The van der Waals surface area contributed by atoms with Crippen molar-refractivity contribution in [3.63, 3.8) is 0 Å². The molecule has 3 rings (SSSR count). The van der Waals surface area contributed by atoms with Gasteiger partial charge in [0.05, 0.1) is 19.0 Å². The van der Waals surface area contributed by atoms with Crippen LogP contribution in [0.1, 0.15) is 54.2 Å². The maximum atomic E-state index is 12.2. The maximum Gasteiger partial charge on any atom is 0.280 e. The van der Waals surface area contributed by atoms with E-state index in [1.165, 1.54) is 0 Å². The zero-order chi connectivity index (χ0) is 25.0. The van der Waals surface area contributed by atoms with Crippen molar-refractivity contribution in [2.24, 2.45) is 0 Å². The predicted octanol–water partition coefficient (Wildman–Crippen LogP) is 4.40. The molecule has 1 unspecified atom stereocenters. The highest BCUT2D eigenvalue weighted by Gasteiger charge is 2.46. The number of anilines is 1. The highest BCUT2D eigenvalue weighted by atomic mass is 28.4. The van der Waals surface area contributed by atoms with Gasteiger partial charge in [0.15, 0.2) is 27.8 Å². The summed E-state index contributed by atoms with van der Waals surface area (Å²) >= 11 is 0. The van der Waals surface area contributed by atoms with Crippen LogP contribution < -0.4 is 11.3 Å². The number of nitrogen functional groups attached to an aromatic ring is 1. The molecular formula is C22H41N5O4Si2. The minimum absolute atomic E-state index is 0.0548. The first-order valence-electron chi connectivity index (χ1n) is 11.6. The van der Waals surface area contributed by atoms with Gasteiger partial charge in [-0.2, -0.15) is 4.98 Å². The van der Waals surface area contributed by atoms with E-state index in [-0.39, 0.29) is 45.5 Å². The number of hydrogen-bond acceptors (Lipinski definition) is 7. The molecule has 3 N–H and O–H groups in total. The Morgan fingerprint density at radius 2 is 1.76 bits per heavy atom. The lowest BCUT2D eigenvalue weighted by molar-refractivity contribution is -0.0383. The number of H-pyrrole nitrogens is 1. The normalized spacial score (nSPS) is 22.9. The summed E-state index contributed by atoms with van der Waals surface area (Å²) in [7, 11) is -4.01. The van der Waals surface area contributed by atoms with Gasteiger partial charge in [0.25, 0.3) is 5.56 Å². The number of hydrogen-bond donors (Lipinski definition) is 2. The molecule has 0 spiro atoms. The highest BCUT2D eigenvalue weighted by Crippen LogP contribution is 2.42. The lowest BCUT2D eigenvalue weighted by Crippen LogP contribution is -2.48. The van der Waals surface area contributed by atoms with Crippen molar-refractivity contribution in [2.75, 3.05) is 12.3 Å². The summed E-state index contributed by atoms with van der Waals surface area (Å²) in [5.41, 5.74) is 6.09. The second-order valence-electron chi connectivity index (χ2n) is 12.1. The van der Waals surface area contributed by atoms with E-state index in [9.17, 15) is 4.79 Å². The molecule has 1 aliphatic rings. The van der Waals surface area contributed by atoms with Crippen molar-refractivity contribution >= 4 is 33.7 Å². The van der Waals surface area contributed by atoms with Crippen LogP contribution >= 0.6 is 0 Å². The Bertz CT molecular complexity index is 1050. The third-order valence-electron chi connectivity index (χ3n) is 7.61. The number of nitrogens with one attached hydrogen (secondary N) is 1. The van der Waals surface area contributed by atoms with E-state index in [1.807, 2.05) is 0 Å². The van der Waals surface area contributed by atoms with Crippen LogP contribution in [0.3, 0.4) is 0 Å². The molecule has 33 heavy (non-hydrogen) atoms. The van der Waals surface area contributed by atoms with Gasteiger partial charge in [-0.15, -0.1) is 0 Å².